The van der Waals surface area contributed by atoms with Crippen molar-refractivity contribution in [3.05, 3.63) is 29.3 Å². The summed E-state index contributed by atoms with van der Waals surface area (Å²) in [4.78, 5) is 3.66. The Labute approximate surface area is 91.2 Å². The lowest BCUT2D eigenvalue weighted by atomic mass is 10.1. The molecule has 0 saturated heterocycles. The van der Waals surface area contributed by atoms with Crippen LogP contribution >= 0.6 is 0 Å². The van der Waals surface area contributed by atoms with Gasteiger partial charge in [0, 0.05) is 12.7 Å². The first kappa shape index (κ1) is 12.4. The van der Waals surface area contributed by atoms with E-state index in [-0.39, 0.29) is 5.96 Å². The summed E-state index contributed by atoms with van der Waals surface area (Å²) < 4.78 is 37.1. The van der Waals surface area contributed by atoms with E-state index in [0.29, 0.717) is 11.3 Å². The maximum Gasteiger partial charge on any atom is 0.416 e. The first-order valence-corrected chi connectivity index (χ1v) is 4.51. The lowest BCUT2D eigenvalue weighted by molar-refractivity contribution is -0.137. The van der Waals surface area contributed by atoms with E-state index in [0.717, 1.165) is 12.1 Å². The number of nitrogens with zero attached hydrogens (tertiary/aromatic N) is 1. The number of nitrogens with one attached hydrogen (secondary N) is 1. The second-order valence-electron chi connectivity index (χ2n) is 3.26. The molecule has 0 bridgehead atoms. The van der Waals surface area contributed by atoms with Gasteiger partial charge in [-0.1, -0.05) is 0 Å². The van der Waals surface area contributed by atoms with Gasteiger partial charge in [0.25, 0.3) is 0 Å². The van der Waals surface area contributed by atoms with Crippen molar-refractivity contribution >= 4 is 11.6 Å². The van der Waals surface area contributed by atoms with Crippen molar-refractivity contribution in [1.82, 2.24) is 0 Å². The zero-order valence-corrected chi connectivity index (χ0v) is 8.89. The molecule has 0 spiro atoms. The molecule has 16 heavy (non-hydrogen) atoms. The summed E-state index contributed by atoms with van der Waals surface area (Å²) in [5, 5.41) is 2.70. The number of guanidine groups is 1. The van der Waals surface area contributed by atoms with Crippen molar-refractivity contribution in [2.75, 3.05) is 12.4 Å². The third kappa shape index (κ3) is 2.88. The van der Waals surface area contributed by atoms with Crippen LogP contribution in [0, 0.1) is 6.92 Å². The van der Waals surface area contributed by atoms with Gasteiger partial charge in [-0.25, -0.2) is 0 Å². The molecule has 0 radical (unpaired) electrons. The van der Waals surface area contributed by atoms with E-state index in [9.17, 15) is 13.2 Å². The highest BCUT2D eigenvalue weighted by Crippen LogP contribution is 2.31. The molecule has 1 aromatic carbocycles. The van der Waals surface area contributed by atoms with Crippen LogP contribution in [0.4, 0.5) is 18.9 Å². The third-order valence-electron chi connectivity index (χ3n) is 2.06. The maximum atomic E-state index is 12.4. The lowest BCUT2D eigenvalue weighted by Gasteiger charge is -2.12. The number of anilines is 1. The number of rotatable bonds is 1. The van der Waals surface area contributed by atoms with Gasteiger partial charge in [-0.3, -0.25) is 4.99 Å². The van der Waals surface area contributed by atoms with E-state index in [2.05, 4.69) is 10.3 Å². The second-order valence-corrected chi connectivity index (χ2v) is 3.26. The van der Waals surface area contributed by atoms with Crippen LogP contribution < -0.4 is 11.1 Å². The Hall–Kier alpha value is -1.72. The Kier molecular flexibility index (Phi) is 3.41. The van der Waals surface area contributed by atoms with Gasteiger partial charge in [0.2, 0.25) is 0 Å². The van der Waals surface area contributed by atoms with Crippen molar-refractivity contribution in [1.29, 1.82) is 0 Å². The average molecular weight is 231 g/mol. The number of hydrogen-bond donors (Lipinski definition) is 2. The normalized spacial score (nSPS) is 12.7. The quantitative estimate of drug-likeness (QED) is 0.576. The summed E-state index contributed by atoms with van der Waals surface area (Å²) in [5.74, 6) is 0.155. The summed E-state index contributed by atoms with van der Waals surface area (Å²) >= 11 is 0. The van der Waals surface area contributed by atoms with Crippen molar-refractivity contribution in [2.24, 2.45) is 10.7 Å². The fraction of sp³-hybridized carbons (Fsp3) is 0.300. The molecule has 0 heterocycles. The Morgan fingerprint density at radius 2 is 2.00 bits per heavy atom. The molecule has 3 nitrogen and oxygen atoms in total. The molecule has 1 aromatic rings. The van der Waals surface area contributed by atoms with E-state index < -0.39 is 11.7 Å². The molecule has 0 amide bonds. The van der Waals surface area contributed by atoms with Gasteiger partial charge in [0.05, 0.1) is 5.56 Å². The van der Waals surface area contributed by atoms with E-state index in [1.165, 1.54) is 13.1 Å². The van der Waals surface area contributed by atoms with Gasteiger partial charge in [-0.05, 0) is 30.7 Å². The first-order valence-electron chi connectivity index (χ1n) is 4.51. The van der Waals surface area contributed by atoms with Crippen LogP contribution in [0.15, 0.2) is 23.2 Å². The van der Waals surface area contributed by atoms with E-state index >= 15 is 0 Å². The highest BCUT2D eigenvalue weighted by atomic mass is 19.4. The highest BCUT2D eigenvalue weighted by Gasteiger charge is 2.30. The fourth-order valence-electron chi connectivity index (χ4n) is 1.17. The molecule has 88 valence electrons. The SMILES string of the molecule is CN=C(N)Nc1ccc(C(F)(F)F)cc1C. The fourth-order valence-corrected chi connectivity index (χ4v) is 1.17. The predicted octanol–water partition coefficient (Wildman–Crippen LogP) is 2.37. The van der Waals surface area contributed by atoms with Gasteiger partial charge in [-0.15, -0.1) is 0 Å². The van der Waals surface area contributed by atoms with Crippen molar-refractivity contribution in [2.45, 2.75) is 13.1 Å². The third-order valence-corrected chi connectivity index (χ3v) is 2.06. The minimum atomic E-state index is -4.33. The summed E-state index contributed by atoms with van der Waals surface area (Å²) in [6, 6.07) is 3.39. The zero-order valence-electron chi connectivity index (χ0n) is 8.89. The molecule has 0 atom stereocenters. The van der Waals surface area contributed by atoms with Gasteiger partial charge < -0.3 is 11.1 Å². The number of hydrogen-bond acceptors (Lipinski definition) is 1. The molecule has 0 unspecified atom stereocenters. The molecule has 0 saturated carbocycles. The summed E-state index contributed by atoms with van der Waals surface area (Å²) in [7, 11) is 1.49. The van der Waals surface area contributed by atoms with Crippen LogP contribution in [0.2, 0.25) is 0 Å². The van der Waals surface area contributed by atoms with Crippen LogP contribution in [0.3, 0.4) is 0 Å². The topological polar surface area (TPSA) is 50.4 Å². The lowest BCUT2D eigenvalue weighted by Crippen LogP contribution is -2.22. The van der Waals surface area contributed by atoms with Crippen molar-refractivity contribution in [3.63, 3.8) is 0 Å². The summed E-state index contributed by atoms with van der Waals surface area (Å²) in [5.41, 5.74) is 5.71. The molecule has 0 aromatic heterocycles. The average Bonchev–Trinajstić information content (AvgIpc) is 2.19. The first-order chi connectivity index (χ1) is 7.34. The van der Waals surface area contributed by atoms with Gasteiger partial charge in [0.1, 0.15) is 0 Å². The van der Waals surface area contributed by atoms with Crippen molar-refractivity contribution < 1.29 is 13.2 Å². The summed E-state index contributed by atoms with van der Waals surface area (Å²) in [6.45, 7) is 1.57. The molecule has 0 aliphatic rings. The Morgan fingerprint density at radius 1 is 1.38 bits per heavy atom. The van der Waals surface area contributed by atoms with Crippen molar-refractivity contribution in [3.8, 4) is 0 Å². The Balaban J connectivity index is 3.01. The largest absolute Gasteiger partial charge is 0.416 e. The minimum Gasteiger partial charge on any atom is -0.370 e. The number of nitrogens with two attached hydrogens (primary N) is 1. The van der Waals surface area contributed by atoms with Crippen LogP contribution in [0.5, 0.6) is 0 Å². The van der Waals surface area contributed by atoms with Gasteiger partial charge in [0.15, 0.2) is 5.96 Å². The minimum absolute atomic E-state index is 0.155. The van der Waals surface area contributed by atoms with E-state index in [4.69, 9.17) is 5.73 Å². The second kappa shape index (κ2) is 4.42. The number of aryl methyl sites for hydroxylation is 1. The summed E-state index contributed by atoms with van der Waals surface area (Å²) in [6.07, 6.45) is -4.33. The monoisotopic (exact) mass is 231 g/mol. The predicted molar refractivity (Wildman–Crippen MR) is 57.4 cm³/mol. The number of halogens is 3. The number of aliphatic imine (C=N–C) groups is 1. The maximum absolute atomic E-state index is 12.4. The van der Waals surface area contributed by atoms with E-state index in [1.54, 1.807) is 6.92 Å². The van der Waals surface area contributed by atoms with Crippen LogP contribution in [0.25, 0.3) is 0 Å². The molecular weight excluding hydrogens is 219 g/mol. The molecule has 0 aliphatic heterocycles. The van der Waals surface area contributed by atoms with Crippen LogP contribution in [0.1, 0.15) is 11.1 Å². The number of alkyl halides is 3. The number of benzene rings is 1. The molecule has 3 N–H and O–H groups in total. The van der Waals surface area contributed by atoms with Gasteiger partial charge in [-0.2, -0.15) is 13.2 Å². The van der Waals surface area contributed by atoms with E-state index in [1.807, 2.05) is 0 Å². The van der Waals surface area contributed by atoms with Crippen LogP contribution in [-0.4, -0.2) is 13.0 Å². The zero-order chi connectivity index (χ0) is 12.3. The smallest absolute Gasteiger partial charge is 0.370 e. The standard InChI is InChI=1S/C10H12F3N3/c1-6-5-7(10(11,12)13)3-4-8(6)16-9(14)15-2/h3-5H,1-2H3,(H3,14,15,16). The molecule has 0 aliphatic carbocycles. The Bertz CT molecular complexity index is 410. The van der Waals surface area contributed by atoms with Crippen LogP contribution in [-0.2, 0) is 6.18 Å². The molecule has 0 fully saturated rings. The highest BCUT2D eigenvalue weighted by molar-refractivity contribution is 5.92. The van der Waals surface area contributed by atoms with Gasteiger partial charge >= 0.3 is 6.18 Å². The Morgan fingerprint density at radius 3 is 2.44 bits per heavy atom. The molecule has 6 heteroatoms. The molecule has 1 rings (SSSR count). The molecular formula is C10H12F3N3.